The Morgan fingerprint density at radius 2 is 1.90 bits per heavy atom. The highest BCUT2D eigenvalue weighted by atomic mass is 19.1. The lowest BCUT2D eigenvalue weighted by molar-refractivity contribution is 0.0691. The summed E-state index contributed by atoms with van der Waals surface area (Å²) in [5.74, 6) is -1.52. The predicted octanol–water partition coefficient (Wildman–Crippen LogP) is 3.38. The highest BCUT2D eigenvalue weighted by Gasteiger charge is 2.10. The minimum absolute atomic E-state index is 0.0280. The monoisotopic (exact) mass is 271 g/mol. The van der Waals surface area contributed by atoms with Crippen molar-refractivity contribution in [1.29, 1.82) is 0 Å². The van der Waals surface area contributed by atoms with E-state index in [4.69, 9.17) is 5.11 Å². The van der Waals surface area contributed by atoms with E-state index in [1.165, 1.54) is 24.3 Å². The van der Waals surface area contributed by atoms with Crippen LogP contribution in [0, 0.1) is 5.82 Å². The summed E-state index contributed by atoms with van der Waals surface area (Å²) in [7, 11) is 0. The first kappa shape index (κ1) is 12.2. The van der Waals surface area contributed by atoms with Gasteiger partial charge < -0.3 is 15.2 Å². The predicted molar refractivity (Wildman–Crippen MR) is 72.3 cm³/mol. The number of aromatic hydroxyl groups is 1. The van der Waals surface area contributed by atoms with Crippen LogP contribution in [-0.2, 0) is 0 Å². The number of H-pyrrole nitrogens is 1. The van der Waals surface area contributed by atoms with E-state index >= 15 is 0 Å². The summed E-state index contributed by atoms with van der Waals surface area (Å²) in [6.07, 6.45) is 0. The van der Waals surface area contributed by atoms with Gasteiger partial charge in [-0.1, -0.05) is 6.07 Å². The second kappa shape index (κ2) is 4.38. The van der Waals surface area contributed by atoms with Crippen molar-refractivity contribution in [1.82, 2.24) is 4.98 Å². The molecule has 20 heavy (non-hydrogen) atoms. The Balaban J connectivity index is 2.17. The summed E-state index contributed by atoms with van der Waals surface area (Å²) in [5.41, 5.74) is 1.73. The number of halogens is 1. The molecule has 1 heterocycles. The normalized spacial score (nSPS) is 10.8. The number of phenolic OH excluding ortho intramolecular Hbond substituents is 1. The van der Waals surface area contributed by atoms with Crippen molar-refractivity contribution in [2.24, 2.45) is 0 Å². The van der Waals surface area contributed by atoms with Crippen LogP contribution in [0.4, 0.5) is 4.39 Å². The molecule has 0 radical (unpaired) electrons. The number of benzene rings is 2. The molecule has 0 spiro atoms. The van der Waals surface area contributed by atoms with Crippen molar-refractivity contribution in [2.75, 3.05) is 0 Å². The molecule has 0 aliphatic rings. The molecule has 0 amide bonds. The second-order valence-corrected chi connectivity index (χ2v) is 4.45. The van der Waals surface area contributed by atoms with Crippen molar-refractivity contribution in [3.8, 4) is 16.9 Å². The van der Waals surface area contributed by atoms with Crippen molar-refractivity contribution >= 4 is 16.9 Å². The number of rotatable bonds is 2. The van der Waals surface area contributed by atoms with Crippen LogP contribution in [0.2, 0.25) is 0 Å². The van der Waals surface area contributed by atoms with E-state index in [0.29, 0.717) is 22.0 Å². The Morgan fingerprint density at radius 1 is 1.10 bits per heavy atom. The van der Waals surface area contributed by atoms with Gasteiger partial charge in [0.1, 0.15) is 17.3 Å². The lowest BCUT2D eigenvalue weighted by Crippen LogP contribution is -1.94. The van der Waals surface area contributed by atoms with Gasteiger partial charge in [0, 0.05) is 16.5 Å². The highest BCUT2D eigenvalue weighted by molar-refractivity contribution is 5.95. The SMILES string of the molecule is O=C(O)c1cc2cc(-c3cc(F)ccc3O)ccc2[nH]1. The molecule has 0 aliphatic carbocycles. The third kappa shape index (κ3) is 1.99. The largest absolute Gasteiger partial charge is 0.507 e. The molecule has 0 atom stereocenters. The number of fused-ring (bicyclic) bond motifs is 1. The molecule has 5 heteroatoms. The Labute approximate surface area is 113 Å². The number of carboxylic acid groups (broad SMARTS) is 1. The van der Waals surface area contributed by atoms with Gasteiger partial charge in [-0.2, -0.15) is 0 Å². The van der Waals surface area contributed by atoms with E-state index < -0.39 is 11.8 Å². The number of aromatic amines is 1. The Morgan fingerprint density at radius 3 is 2.65 bits per heavy atom. The maximum atomic E-state index is 13.3. The lowest BCUT2D eigenvalue weighted by Gasteiger charge is -2.05. The van der Waals surface area contributed by atoms with Crippen LogP contribution in [0.1, 0.15) is 10.5 Å². The fraction of sp³-hybridized carbons (Fsp3) is 0. The van der Waals surface area contributed by atoms with Gasteiger partial charge >= 0.3 is 5.97 Å². The quantitative estimate of drug-likeness (QED) is 0.669. The molecule has 3 N–H and O–H groups in total. The summed E-state index contributed by atoms with van der Waals surface area (Å²) >= 11 is 0. The van der Waals surface area contributed by atoms with E-state index in [2.05, 4.69) is 4.98 Å². The van der Waals surface area contributed by atoms with Crippen LogP contribution in [-0.4, -0.2) is 21.2 Å². The number of carbonyl (C=O) groups is 1. The fourth-order valence-corrected chi connectivity index (χ4v) is 2.15. The van der Waals surface area contributed by atoms with Crippen LogP contribution in [0.25, 0.3) is 22.0 Å². The molecule has 3 rings (SSSR count). The fourth-order valence-electron chi connectivity index (χ4n) is 2.15. The van der Waals surface area contributed by atoms with Gasteiger partial charge in [0.25, 0.3) is 0 Å². The van der Waals surface area contributed by atoms with Crippen LogP contribution < -0.4 is 0 Å². The number of carboxylic acids is 1. The summed E-state index contributed by atoms with van der Waals surface area (Å²) in [4.78, 5) is 13.7. The van der Waals surface area contributed by atoms with E-state index in [1.54, 1.807) is 18.2 Å². The Bertz CT molecular complexity index is 823. The van der Waals surface area contributed by atoms with Crippen molar-refractivity contribution in [3.05, 3.63) is 54.0 Å². The van der Waals surface area contributed by atoms with Gasteiger partial charge in [0.2, 0.25) is 0 Å². The zero-order valence-corrected chi connectivity index (χ0v) is 10.2. The molecule has 0 fully saturated rings. The maximum Gasteiger partial charge on any atom is 0.352 e. The van der Waals surface area contributed by atoms with Crippen molar-refractivity contribution < 1.29 is 19.4 Å². The average molecular weight is 271 g/mol. The first-order valence-corrected chi connectivity index (χ1v) is 5.89. The van der Waals surface area contributed by atoms with E-state index in [9.17, 15) is 14.3 Å². The Kier molecular flexibility index (Phi) is 2.68. The Hall–Kier alpha value is -2.82. The molecule has 0 saturated carbocycles. The van der Waals surface area contributed by atoms with Gasteiger partial charge in [-0.05, 0) is 42.0 Å². The minimum Gasteiger partial charge on any atom is -0.507 e. The topological polar surface area (TPSA) is 73.3 Å². The van der Waals surface area contributed by atoms with Crippen LogP contribution in [0.3, 0.4) is 0 Å². The van der Waals surface area contributed by atoms with Gasteiger partial charge in [-0.25, -0.2) is 9.18 Å². The molecule has 0 unspecified atom stereocenters. The molecule has 4 nitrogen and oxygen atoms in total. The zero-order valence-electron chi connectivity index (χ0n) is 10.2. The van der Waals surface area contributed by atoms with Crippen LogP contribution in [0.5, 0.6) is 5.75 Å². The van der Waals surface area contributed by atoms with Crippen LogP contribution in [0.15, 0.2) is 42.5 Å². The van der Waals surface area contributed by atoms with Gasteiger partial charge in [0.15, 0.2) is 0 Å². The summed E-state index contributed by atoms with van der Waals surface area (Å²) in [5, 5.41) is 19.4. The lowest BCUT2D eigenvalue weighted by atomic mass is 10.0. The first-order valence-electron chi connectivity index (χ1n) is 5.89. The first-order chi connectivity index (χ1) is 9.54. The average Bonchev–Trinajstić information content (AvgIpc) is 2.84. The number of hydrogen-bond acceptors (Lipinski definition) is 2. The zero-order chi connectivity index (χ0) is 14.3. The molecule has 0 bridgehead atoms. The number of nitrogens with one attached hydrogen (secondary N) is 1. The number of aromatic nitrogens is 1. The van der Waals surface area contributed by atoms with E-state index in [1.807, 2.05) is 0 Å². The maximum absolute atomic E-state index is 13.3. The highest BCUT2D eigenvalue weighted by Crippen LogP contribution is 2.31. The number of aromatic carboxylic acids is 1. The minimum atomic E-state index is -1.05. The molecule has 0 saturated heterocycles. The molecule has 1 aromatic heterocycles. The molecule has 3 aromatic rings. The third-order valence-corrected chi connectivity index (χ3v) is 3.12. The molecule has 0 aliphatic heterocycles. The molecular formula is C15H10FNO3. The van der Waals surface area contributed by atoms with Crippen molar-refractivity contribution in [2.45, 2.75) is 0 Å². The van der Waals surface area contributed by atoms with Gasteiger partial charge in [-0.15, -0.1) is 0 Å². The number of phenols is 1. The van der Waals surface area contributed by atoms with E-state index in [-0.39, 0.29) is 11.4 Å². The second-order valence-electron chi connectivity index (χ2n) is 4.45. The van der Waals surface area contributed by atoms with E-state index in [0.717, 1.165) is 0 Å². The summed E-state index contributed by atoms with van der Waals surface area (Å²) < 4.78 is 13.3. The van der Waals surface area contributed by atoms with Crippen LogP contribution >= 0.6 is 0 Å². The number of hydrogen-bond donors (Lipinski definition) is 3. The molecule has 2 aromatic carbocycles. The summed E-state index contributed by atoms with van der Waals surface area (Å²) in [6.45, 7) is 0. The standard InChI is InChI=1S/C15H10FNO3/c16-10-2-4-14(18)11(7-10)8-1-3-12-9(5-8)6-13(17-12)15(19)20/h1-7,17-18H,(H,19,20). The smallest absolute Gasteiger partial charge is 0.352 e. The summed E-state index contributed by atoms with van der Waals surface area (Å²) in [6, 6.07) is 10.3. The van der Waals surface area contributed by atoms with Gasteiger partial charge in [-0.3, -0.25) is 0 Å². The van der Waals surface area contributed by atoms with Gasteiger partial charge in [0.05, 0.1) is 0 Å². The van der Waals surface area contributed by atoms with Crippen molar-refractivity contribution in [3.63, 3.8) is 0 Å². The molecule has 100 valence electrons. The third-order valence-electron chi connectivity index (χ3n) is 3.12. The molecular weight excluding hydrogens is 261 g/mol.